The molecule has 2 atom stereocenters. The number of cyclic esters (lactones) is 1. The Kier molecular flexibility index (Phi) is 2.06. The van der Waals surface area contributed by atoms with E-state index < -0.39 is 6.10 Å². The van der Waals surface area contributed by atoms with Crippen molar-refractivity contribution in [1.82, 2.24) is 0 Å². The fourth-order valence-corrected chi connectivity index (χ4v) is 0.939. The number of rotatable bonds is 2. The molecule has 0 aromatic heterocycles. The lowest BCUT2D eigenvalue weighted by Gasteiger charge is -2.11. The van der Waals surface area contributed by atoms with Gasteiger partial charge in [0.2, 0.25) is 0 Å². The second-order valence-electron chi connectivity index (χ2n) is 2.29. The summed E-state index contributed by atoms with van der Waals surface area (Å²) in [6.45, 7) is 3.39. The maximum atomic E-state index is 10.5. The molecule has 1 aliphatic rings. The Morgan fingerprint density at radius 2 is 2.60 bits per heavy atom. The predicted octanol–water partition coefficient (Wildman–Crippen LogP) is 0.239. The first kappa shape index (κ1) is 7.28. The predicted molar refractivity (Wildman–Crippen MR) is 35.3 cm³/mol. The van der Waals surface area contributed by atoms with Crippen molar-refractivity contribution in [2.75, 3.05) is 0 Å². The fraction of sp³-hybridized carbons (Fsp3) is 0.571. The summed E-state index contributed by atoms with van der Waals surface area (Å²) in [6.07, 6.45) is 1.33. The van der Waals surface area contributed by atoms with E-state index in [-0.39, 0.29) is 12.1 Å². The largest absolute Gasteiger partial charge is 0.459 e. The molecule has 0 aliphatic carbocycles. The molecule has 0 radical (unpaired) electrons. The van der Waals surface area contributed by atoms with E-state index in [4.69, 9.17) is 9.84 Å². The van der Waals surface area contributed by atoms with E-state index >= 15 is 0 Å². The van der Waals surface area contributed by atoms with Crippen LogP contribution >= 0.6 is 0 Å². The molecule has 0 aromatic rings. The zero-order valence-electron chi connectivity index (χ0n) is 5.62. The molecule has 1 heterocycles. The van der Waals surface area contributed by atoms with E-state index in [0.717, 1.165) is 0 Å². The van der Waals surface area contributed by atoms with E-state index in [1.165, 1.54) is 6.08 Å². The molecule has 0 aromatic carbocycles. The van der Waals surface area contributed by atoms with Crippen LogP contribution in [-0.2, 0) is 9.53 Å². The Balaban J connectivity index is 2.43. The van der Waals surface area contributed by atoms with Gasteiger partial charge in [0.25, 0.3) is 0 Å². The van der Waals surface area contributed by atoms with Crippen molar-refractivity contribution in [1.29, 1.82) is 0 Å². The summed E-state index contributed by atoms with van der Waals surface area (Å²) in [4.78, 5) is 10.5. The van der Waals surface area contributed by atoms with Crippen LogP contribution in [0.15, 0.2) is 12.7 Å². The third-order valence-corrected chi connectivity index (χ3v) is 1.54. The minimum atomic E-state index is -0.702. The molecule has 3 nitrogen and oxygen atoms in total. The Bertz CT molecular complexity index is 153. The molecule has 1 N–H and O–H groups in total. The van der Waals surface area contributed by atoms with Crippen molar-refractivity contribution < 1.29 is 14.6 Å². The fourth-order valence-electron chi connectivity index (χ4n) is 0.939. The van der Waals surface area contributed by atoms with Crippen molar-refractivity contribution in [3.8, 4) is 0 Å². The first-order chi connectivity index (χ1) is 4.74. The standard InChI is InChI=1S/C7H10O3/c1-2-5(8)6-3-4-7(9)10-6/h2,5-6,8H,1,3-4H2/t5-,6-/m1/s1. The molecule has 10 heavy (non-hydrogen) atoms. The number of aliphatic hydroxyl groups is 1. The van der Waals surface area contributed by atoms with Crippen molar-refractivity contribution in [2.24, 2.45) is 0 Å². The molecular weight excluding hydrogens is 132 g/mol. The molecule has 3 heteroatoms. The quantitative estimate of drug-likeness (QED) is 0.443. The topological polar surface area (TPSA) is 46.5 Å². The first-order valence-corrected chi connectivity index (χ1v) is 3.24. The van der Waals surface area contributed by atoms with Crippen LogP contribution in [0.25, 0.3) is 0 Å². The van der Waals surface area contributed by atoms with Gasteiger partial charge in [-0.25, -0.2) is 0 Å². The lowest BCUT2D eigenvalue weighted by atomic mass is 10.1. The summed E-state index contributed by atoms with van der Waals surface area (Å²) >= 11 is 0. The van der Waals surface area contributed by atoms with Crippen LogP contribution in [-0.4, -0.2) is 23.3 Å². The van der Waals surface area contributed by atoms with Gasteiger partial charge in [0.05, 0.1) is 0 Å². The van der Waals surface area contributed by atoms with E-state index in [0.29, 0.717) is 12.8 Å². The lowest BCUT2D eigenvalue weighted by molar-refractivity contribution is -0.144. The van der Waals surface area contributed by atoms with Gasteiger partial charge in [-0.05, 0) is 6.42 Å². The van der Waals surface area contributed by atoms with Gasteiger partial charge in [0.15, 0.2) is 0 Å². The smallest absolute Gasteiger partial charge is 0.306 e. The van der Waals surface area contributed by atoms with Crippen LogP contribution in [0, 0.1) is 0 Å². The minimum Gasteiger partial charge on any atom is -0.459 e. The summed E-state index contributed by atoms with van der Waals surface area (Å²) in [5.41, 5.74) is 0. The van der Waals surface area contributed by atoms with Crippen LogP contribution < -0.4 is 0 Å². The summed E-state index contributed by atoms with van der Waals surface area (Å²) in [7, 11) is 0. The summed E-state index contributed by atoms with van der Waals surface area (Å²) in [5.74, 6) is -0.231. The van der Waals surface area contributed by atoms with Crippen molar-refractivity contribution in [3.63, 3.8) is 0 Å². The van der Waals surface area contributed by atoms with Gasteiger partial charge in [0, 0.05) is 6.42 Å². The maximum absolute atomic E-state index is 10.5. The molecule has 1 aliphatic heterocycles. The number of ether oxygens (including phenoxy) is 1. The van der Waals surface area contributed by atoms with Crippen LogP contribution in [0.3, 0.4) is 0 Å². The molecule has 0 unspecified atom stereocenters. The molecule has 1 rings (SSSR count). The SMILES string of the molecule is C=C[C@@H](O)[C@H]1CCC(=O)O1. The molecule has 56 valence electrons. The molecule has 1 saturated heterocycles. The van der Waals surface area contributed by atoms with Gasteiger partial charge in [0.1, 0.15) is 12.2 Å². The molecule has 0 amide bonds. The highest BCUT2D eigenvalue weighted by atomic mass is 16.6. The molecule has 0 saturated carbocycles. The zero-order valence-corrected chi connectivity index (χ0v) is 5.62. The van der Waals surface area contributed by atoms with Gasteiger partial charge in [-0.15, -0.1) is 6.58 Å². The van der Waals surface area contributed by atoms with Gasteiger partial charge in [-0.3, -0.25) is 4.79 Å². The molecule has 1 fully saturated rings. The van der Waals surface area contributed by atoms with E-state index in [9.17, 15) is 4.79 Å². The molecular formula is C7H10O3. The maximum Gasteiger partial charge on any atom is 0.306 e. The Hall–Kier alpha value is -0.830. The first-order valence-electron chi connectivity index (χ1n) is 3.24. The van der Waals surface area contributed by atoms with Gasteiger partial charge in [-0.1, -0.05) is 6.08 Å². The Morgan fingerprint density at radius 3 is 3.00 bits per heavy atom. The van der Waals surface area contributed by atoms with Gasteiger partial charge >= 0.3 is 5.97 Å². The molecule has 0 bridgehead atoms. The number of carbonyl (C=O) groups excluding carboxylic acids is 1. The van der Waals surface area contributed by atoms with Crippen LogP contribution in [0.2, 0.25) is 0 Å². The minimum absolute atomic E-state index is 0.231. The number of esters is 1. The normalized spacial score (nSPS) is 27.7. The van der Waals surface area contributed by atoms with Gasteiger partial charge < -0.3 is 9.84 Å². The van der Waals surface area contributed by atoms with Crippen LogP contribution in [0.4, 0.5) is 0 Å². The van der Waals surface area contributed by atoms with E-state index in [2.05, 4.69) is 6.58 Å². The van der Waals surface area contributed by atoms with E-state index in [1.807, 2.05) is 0 Å². The highest BCUT2D eigenvalue weighted by Gasteiger charge is 2.27. The zero-order chi connectivity index (χ0) is 7.56. The second kappa shape index (κ2) is 2.84. The van der Waals surface area contributed by atoms with E-state index in [1.54, 1.807) is 0 Å². The highest BCUT2D eigenvalue weighted by molar-refractivity contribution is 5.71. The number of carbonyl (C=O) groups is 1. The number of hydrogen-bond acceptors (Lipinski definition) is 3. The highest BCUT2D eigenvalue weighted by Crippen LogP contribution is 2.17. The second-order valence-corrected chi connectivity index (χ2v) is 2.29. The van der Waals surface area contributed by atoms with Crippen molar-refractivity contribution in [2.45, 2.75) is 25.0 Å². The van der Waals surface area contributed by atoms with Crippen LogP contribution in [0.5, 0.6) is 0 Å². The Labute approximate surface area is 59.3 Å². The number of aliphatic hydroxyl groups excluding tert-OH is 1. The third-order valence-electron chi connectivity index (χ3n) is 1.54. The lowest BCUT2D eigenvalue weighted by Crippen LogP contribution is -2.22. The summed E-state index contributed by atoms with van der Waals surface area (Å²) in [5, 5.41) is 9.08. The van der Waals surface area contributed by atoms with Crippen LogP contribution in [0.1, 0.15) is 12.8 Å². The number of hydrogen-bond donors (Lipinski definition) is 1. The van der Waals surface area contributed by atoms with Crippen molar-refractivity contribution in [3.05, 3.63) is 12.7 Å². The van der Waals surface area contributed by atoms with Gasteiger partial charge in [-0.2, -0.15) is 0 Å². The average Bonchev–Trinajstić information content (AvgIpc) is 2.34. The average molecular weight is 142 g/mol. The Morgan fingerprint density at radius 1 is 1.90 bits per heavy atom. The third kappa shape index (κ3) is 1.36. The summed E-state index contributed by atoms with van der Waals surface area (Å²) < 4.78 is 4.75. The summed E-state index contributed by atoms with van der Waals surface area (Å²) in [6, 6.07) is 0. The monoisotopic (exact) mass is 142 g/mol. The van der Waals surface area contributed by atoms with Crippen molar-refractivity contribution >= 4 is 5.97 Å². The molecule has 0 spiro atoms.